The first-order chi connectivity index (χ1) is 10.6. The van der Waals surface area contributed by atoms with E-state index >= 15 is 0 Å². The lowest BCUT2D eigenvalue weighted by Gasteiger charge is -2.01. The minimum absolute atomic E-state index is 0.108. The highest BCUT2D eigenvalue weighted by Crippen LogP contribution is 2.12. The van der Waals surface area contributed by atoms with E-state index in [1.807, 2.05) is 44.2 Å². The Hall–Kier alpha value is -3.03. The van der Waals surface area contributed by atoms with Crippen LogP contribution in [0.3, 0.4) is 0 Å². The van der Waals surface area contributed by atoms with Crippen LogP contribution in [0.2, 0.25) is 0 Å². The molecule has 1 aromatic carbocycles. The van der Waals surface area contributed by atoms with Gasteiger partial charge in [0.25, 0.3) is 11.6 Å². The van der Waals surface area contributed by atoms with E-state index in [0.29, 0.717) is 6.61 Å². The van der Waals surface area contributed by atoms with Crippen LogP contribution in [0, 0.1) is 0 Å². The Morgan fingerprint density at radius 1 is 1.23 bits per heavy atom. The lowest BCUT2D eigenvalue weighted by atomic mass is 10.2. The van der Waals surface area contributed by atoms with Crippen LogP contribution in [0.25, 0.3) is 11.2 Å². The van der Waals surface area contributed by atoms with Crippen molar-refractivity contribution in [3.63, 3.8) is 0 Å². The lowest BCUT2D eigenvalue weighted by molar-refractivity contribution is 0.284. The number of nitrogen functional groups attached to an aromatic ring is 2. The van der Waals surface area contributed by atoms with Gasteiger partial charge in [-0.3, -0.25) is 4.79 Å². The molecule has 3 aromatic rings. The van der Waals surface area contributed by atoms with Gasteiger partial charge < -0.3 is 21.3 Å². The molecule has 0 fully saturated rings. The molecule has 0 amide bonds. The van der Waals surface area contributed by atoms with Gasteiger partial charge in [0.2, 0.25) is 5.95 Å². The van der Waals surface area contributed by atoms with Crippen molar-refractivity contribution in [1.82, 2.24) is 19.6 Å². The van der Waals surface area contributed by atoms with Crippen molar-refractivity contribution < 1.29 is 4.74 Å². The first kappa shape index (κ1) is 15.4. The number of anilines is 1. The number of rotatable bonds is 3. The maximum absolute atomic E-state index is 11.8. The van der Waals surface area contributed by atoms with Crippen LogP contribution in [0.1, 0.15) is 19.4 Å². The van der Waals surface area contributed by atoms with E-state index in [4.69, 9.17) is 16.3 Å². The molecule has 8 heteroatoms. The molecule has 0 saturated heterocycles. The summed E-state index contributed by atoms with van der Waals surface area (Å²) in [5.41, 5.74) is 6.31. The SMILES string of the molecule is CC.Nc1nc2nc(OCc3ccccc3)[nH]c2c(=O)n1N. The topological polar surface area (TPSA) is 125 Å². The van der Waals surface area contributed by atoms with E-state index in [1.54, 1.807) is 0 Å². The first-order valence-corrected chi connectivity index (χ1v) is 6.85. The van der Waals surface area contributed by atoms with E-state index in [9.17, 15) is 4.79 Å². The molecule has 0 aliphatic heterocycles. The van der Waals surface area contributed by atoms with E-state index in [2.05, 4.69) is 15.0 Å². The molecule has 2 aromatic heterocycles. The number of aromatic nitrogens is 4. The Morgan fingerprint density at radius 3 is 2.59 bits per heavy atom. The quantitative estimate of drug-likeness (QED) is 0.620. The highest BCUT2D eigenvalue weighted by atomic mass is 16.5. The van der Waals surface area contributed by atoms with E-state index in [0.717, 1.165) is 10.2 Å². The highest BCUT2D eigenvalue weighted by Gasteiger charge is 2.12. The number of nitrogens with one attached hydrogen (secondary N) is 1. The Bertz CT molecular complexity index is 809. The molecule has 0 atom stereocenters. The van der Waals surface area contributed by atoms with Crippen LogP contribution in [-0.2, 0) is 6.61 Å². The molecule has 0 unspecified atom stereocenters. The van der Waals surface area contributed by atoms with Gasteiger partial charge in [0.05, 0.1) is 0 Å². The van der Waals surface area contributed by atoms with Gasteiger partial charge in [0, 0.05) is 0 Å². The van der Waals surface area contributed by atoms with E-state index in [-0.39, 0.29) is 23.1 Å². The minimum Gasteiger partial charge on any atom is -0.460 e. The molecular formula is C14H18N6O2. The van der Waals surface area contributed by atoms with Crippen molar-refractivity contribution in [3.8, 4) is 6.01 Å². The molecular weight excluding hydrogens is 284 g/mol. The number of benzene rings is 1. The van der Waals surface area contributed by atoms with E-state index in [1.165, 1.54) is 0 Å². The number of hydrogen-bond acceptors (Lipinski definition) is 6. The lowest BCUT2D eigenvalue weighted by Crippen LogP contribution is -2.30. The van der Waals surface area contributed by atoms with Crippen LogP contribution in [0.4, 0.5) is 5.95 Å². The van der Waals surface area contributed by atoms with Crippen LogP contribution < -0.4 is 21.9 Å². The Morgan fingerprint density at radius 2 is 1.91 bits per heavy atom. The second-order valence-electron chi connectivity index (χ2n) is 4.16. The summed E-state index contributed by atoms with van der Waals surface area (Å²) >= 11 is 0. The summed E-state index contributed by atoms with van der Waals surface area (Å²) in [5, 5.41) is 0. The second kappa shape index (κ2) is 6.61. The molecule has 0 aliphatic carbocycles. The summed E-state index contributed by atoms with van der Waals surface area (Å²) in [6.45, 7) is 4.33. The first-order valence-electron chi connectivity index (χ1n) is 6.85. The summed E-state index contributed by atoms with van der Waals surface area (Å²) < 4.78 is 6.23. The maximum atomic E-state index is 11.8. The molecule has 0 saturated carbocycles. The van der Waals surface area contributed by atoms with Crippen LogP contribution >= 0.6 is 0 Å². The third-order valence-corrected chi connectivity index (χ3v) is 2.78. The van der Waals surface area contributed by atoms with Crippen molar-refractivity contribution in [2.24, 2.45) is 0 Å². The van der Waals surface area contributed by atoms with Crippen LogP contribution in [-0.4, -0.2) is 19.6 Å². The van der Waals surface area contributed by atoms with Crippen molar-refractivity contribution in [3.05, 3.63) is 46.2 Å². The second-order valence-corrected chi connectivity index (χ2v) is 4.16. The third-order valence-electron chi connectivity index (χ3n) is 2.78. The summed E-state index contributed by atoms with van der Waals surface area (Å²) in [6, 6.07) is 9.77. The number of nitrogens with two attached hydrogens (primary N) is 2. The van der Waals surface area contributed by atoms with Crippen molar-refractivity contribution in [2.45, 2.75) is 20.5 Å². The molecule has 0 radical (unpaired) electrons. The molecule has 22 heavy (non-hydrogen) atoms. The molecule has 3 rings (SSSR count). The Kier molecular flexibility index (Phi) is 4.62. The summed E-state index contributed by atoms with van der Waals surface area (Å²) in [6.07, 6.45) is 0. The van der Waals surface area contributed by atoms with Gasteiger partial charge in [-0.25, -0.2) is 0 Å². The standard InChI is InChI=1S/C12H12N6O2.C2H6/c13-11-16-9-8(10(19)18(11)14)15-12(17-9)20-6-7-4-2-1-3-5-7;1-2/h1-5H,6,14H2,(H2,13,16)(H,15,17);1-2H3. The maximum Gasteiger partial charge on any atom is 0.299 e. The summed E-state index contributed by atoms with van der Waals surface area (Å²) in [4.78, 5) is 22.5. The van der Waals surface area contributed by atoms with Gasteiger partial charge in [-0.15, -0.1) is 0 Å². The average molecular weight is 302 g/mol. The van der Waals surface area contributed by atoms with Gasteiger partial charge in [0.15, 0.2) is 11.2 Å². The normalized spacial score (nSPS) is 10.1. The van der Waals surface area contributed by atoms with Gasteiger partial charge in [-0.05, 0) is 5.56 Å². The number of aromatic amines is 1. The van der Waals surface area contributed by atoms with Crippen molar-refractivity contribution in [2.75, 3.05) is 11.6 Å². The Balaban J connectivity index is 0.000000847. The zero-order valence-electron chi connectivity index (χ0n) is 12.4. The highest BCUT2D eigenvalue weighted by molar-refractivity contribution is 5.71. The van der Waals surface area contributed by atoms with Crippen LogP contribution in [0.15, 0.2) is 35.1 Å². The fourth-order valence-electron chi connectivity index (χ4n) is 1.75. The number of ether oxygens (including phenoxy) is 1. The average Bonchev–Trinajstić information content (AvgIpc) is 2.97. The summed E-state index contributed by atoms with van der Waals surface area (Å²) in [7, 11) is 0. The number of imidazole rings is 1. The zero-order valence-corrected chi connectivity index (χ0v) is 12.4. The summed E-state index contributed by atoms with van der Waals surface area (Å²) in [5.74, 6) is 5.34. The largest absolute Gasteiger partial charge is 0.460 e. The van der Waals surface area contributed by atoms with Gasteiger partial charge in [-0.1, -0.05) is 44.2 Å². The molecule has 0 aliphatic rings. The predicted octanol–water partition coefficient (Wildman–Crippen LogP) is 1.02. The predicted molar refractivity (Wildman–Crippen MR) is 84.8 cm³/mol. The number of hydrogen-bond donors (Lipinski definition) is 3. The minimum atomic E-state index is -0.505. The molecule has 116 valence electrons. The number of fused-ring (bicyclic) bond motifs is 1. The number of H-pyrrole nitrogens is 1. The Labute approximate surface area is 126 Å². The molecule has 2 heterocycles. The molecule has 5 N–H and O–H groups in total. The van der Waals surface area contributed by atoms with E-state index < -0.39 is 5.56 Å². The molecule has 8 nitrogen and oxygen atoms in total. The monoisotopic (exact) mass is 302 g/mol. The zero-order chi connectivity index (χ0) is 16.1. The van der Waals surface area contributed by atoms with Gasteiger partial charge in [-0.2, -0.15) is 14.6 Å². The third kappa shape index (κ3) is 3.00. The van der Waals surface area contributed by atoms with Crippen LogP contribution in [0.5, 0.6) is 6.01 Å². The van der Waals surface area contributed by atoms with Crippen molar-refractivity contribution in [1.29, 1.82) is 0 Å². The number of nitrogens with zero attached hydrogens (tertiary/aromatic N) is 3. The van der Waals surface area contributed by atoms with Gasteiger partial charge >= 0.3 is 0 Å². The van der Waals surface area contributed by atoms with Crippen molar-refractivity contribution >= 4 is 17.1 Å². The fourth-order valence-corrected chi connectivity index (χ4v) is 1.75. The smallest absolute Gasteiger partial charge is 0.299 e. The molecule has 0 spiro atoms. The molecule has 0 bridgehead atoms. The fraction of sp³-hybridized carbons (Fsp3) is 0.214. The van der Waals surface area contributed by atoms with Gasteiger partial charge in [0.1, 0.15) is 6.61 Å².